The molecule has 4 atom stereocenters. The first-order chi connectivity index (χ1) is 11.0. The summed E-state index contributed by atoms with van der Waals surface area (Å²) in [6, 6.07) is 0. The van der Waals surface area contributed by atoms with Crippen LogP contribution in [-0.4, -0.2) is 66.5 Å². The molecule has 24 heavy (non-hydrogen) atoms. The smallest absolute Gasteiger partial charge is 0.343 e. The molecule has 13 heteroatoms. The van der Waals surface area contributed by atoms with Gasteiger partial charge in [0.1, 0.15) is 24.9 Å². The van der Waals surface area contributed by atoms with Crippen LogP contribution in [0.25, 0.3) is 0 Å². The number of nitrogens with one attached hydrogen (secondary N) is 1. The molecule has 0 spiro atoms. The third-order valence-electron chi connectivity index (χ3n) is 3.63. The molecule has 0 aromatic heterocycles. The van der Waals surface area contributed by atoms with Crippen molar-refractivity contribution in [3.8, 4) is 0 Å². The minimum Gasteiger partial charge on any atom is -0.343 e. The summed E-state index contributed by atoms with van der Waals surface area (Å²) in [7, 11) is -8.18. The summed E-state index contributed by atoms with van der Waals surface area (Å²) in [5.41, 5.74) is 0. The lowest BCUT2D eigenvalue weighted by Gasteiger charge is -2.39. The molecule has 11 nitrogen and oxygen atoms in total. The predicted octanol–water partition coefficient (Wildman–Crippen LogP) is -1.24. The maximum Gasteiger partial charge on any atom is 0.400 e. The minimum absolute atomic E-state index is 0.141. The lowest BCUT2D eigenvalue weighted by molar-refractivity contribution is -0.290. The largest absolute Gasteiger partial charge is 0.400 e. The molecule has 140 valence electrons. The molecule has 3 rings (SSSR count). The van der Waals surface area contributed by atoms with E-state index < -0.39 is 57.2 Å². The van der Waals surface area contributed by atoms with Crippen molar-refractivity contribution in [2.75, 3.05) is 19.8 Å². The second-order valence-electron chi connectivity index (χ2n) is 5.98. The zero-order valence-electron chi connectivity index (χ0n) is 13.3. The molecule has 3 aliphatic rings. The molecule has 1 N–H and O–H groups in total. The lowest BCUT2D eigenvalue weighted by atomic mass is 9.98. The van der Waals surface area contributed by atoms with Gasteiger partial charge in [0.25, 0.3) is 0 Å². The predicted molar refractivity (Wildman–Crippen MR) is 75.9 cm³/mol. The quantitative estimate of drug-likeness (QED) is 0.608. The summed E-state index contributed by atoms with van der Waals surface area (Å²) in [5, 5.41) is 0. The maximum absolute atomic E-state index is 11.7. The van der Waals surface area contributed by atoms with E-state index in [-0.39, 0.29) is 13.2 Å². The van der Waals surface area contributed by atoms with Crippen molar-refractivity contribution in [3.05, 3.63) is 0 Å². The van der Waals surface area contributed by atoms with Crippen LogP contribution in [0, 0.1) is 0 Å². The van der Waals surface area contributed by atoms with Gasteiger partial charge in [0.15, 0.2) is 5.79 Å². The zero-order chi connectivity index (χ0) is 17.8. The van der Waals surface area contributed by atoms with Crippen LogP contribution >= 0.6 is 0 Å². The molecule has 0 aromatic rings. The van der Waals surface area contributed by atoms with Gasteiger partial charge in [-0.05, 0) is 13.8 Å². The summed E-state index contributed by atoms with van der Waals surface area (Å²) in [5.74, 6) is -2.81. The molecular weight excluding hydrogens is 370 g/mol. The Balaban J connectivity index is 1.85. The molecule has 0 saturated carbocycles. The van der Waals surface area contributed by atoms with Gasteiger partial charge in [-0.2, -0.15) is 21.6 Å². The molecule has 3 aliphatic heterocycles. The number of rotatable bonds is 5. The number of fused-ring (bicyclic) bond motifs is 3. The highest BCUT2D eigenvalue weighted by Crippen LogP contribution is 2.46. The first-order valence-electron chi connectivity index (χ1n) is 7.25. The average molecular weight is 389 g/mol. The average Bonchev–Trinajstić information content (AvgIpc) is 2.88. The van der Waals surface area contributed by atoms with Crippen LogP contribution in [0.3, 0.4) is 0 Å². The third-order valence-corrected chi connectivity index (χ3v) is 5.64. The van der Waals surface area contributed by atoms with Crippen LogP contribution in [0.1, 0.15) is 20.8 Å². The SMILES string of the molecule is CCNS(=O)(=O)OC[C@@]12OC[C@H]3OS(=O)(=O)O[C@H]3[C@@H]1OC(C)(C)O2. The Morgan fingerprint density at radius 1 is 1.29 bits per heavy atom. The van der Waals surface area contributed by atoms with Gasteiger partial charge < -0.3 is 14.2 Å². The van der Waals surface area contributed by atoms with Crippen molar-refractivity contribution in [2.45, 2.75) is 50.7 Å². The molecule has 0 radical (unpaired) electrons. The van der Waals surface area contributed by atoms with Crippen LogP contribution in [0.15, 0.2) is 0 Å². The van der Waals surface area contributed by atoms with E-state index >= 15 is 0 Å². The van der Waals surface area contributed by atoms with E-state index in [0.717, 1.165) is 0 Å². The molecule has 0 aliphatic carbocycles. The fraction of sp³-hybridized carbons (Fsp3) is 1.00. The van der Waals surface area contributed by atoms with Gasteiger partial charge in [-0.15, -0.1) is 0 Å². The Bertz CT molecular complexity index is 704. The Hall–Kier alpha value is -0.380. The van der Waals surface area contributed by atoms with Crippen LogP contribution in [-0.2, 0) is 47.5 Å². The Morgan fingerprint density at radius 2 is 2.00 bits per heavy atom. The summed E-state index contributed by atoms with van der Waals surface area (Å²) in [6.45, 7) is 4.16. The molecule has 0 bridgehead atoms. The van der Waals surface area contributed by atoms with Crippen molar-refractivity contribution < 1.29 is 43.6 Å². The Kier molecular flexibility index (Phi) is 4.47. The van der Waals surface area contributed by atoms with Gasteiger partial charge in [0.05, 0.1) is 6.61 Å². The standard InChI is InChI=1S/C11H19NO10S2/c1-4-12-23(13,14)18-6-11-9(19-10(2,3)22-11)8-7(5-17-11)20-24(15,16)21-8/h7-9,12H,4-6H2,1-3H3/t7-,8-,9+,11+/m1/s1. The Labute approximate surface area is 140 Å². The first kappa shape index (κ1) is 18.4. The number of hydrogen-bond acceptors (Lipinski definition) is 10. The fourth-order valence-electron chi connectivity index (χ4n) is 2.87. The van der Waals surface area contributed by atoms with Crippen molar-refractivity contribution in [2.24, 2.45) is 0 Å². The van der Waals surface area contributed by atoms with Gasteiger partial charge in [0, 0.05) is 6.54 Å². The van der Waals surface area contributed by atoms with Crippen LogP contribution in [0.4, 0.5) is 0 Å². The molecule has 0 unspecified atom stereocenters. The van der Waals surface area contributed by atoms with Gasteiger partial charge in [-0.1, -0.05) is 6.92 Å². The Morgan fingerprint density at radius 3 is 2.67 bits per heavy atom. The summed E-state index contributed by atoms with van der Waals surface area (Å²) >= 11 is 0. The second-order valence-corrected chi connectivity index (χ2v) is 8.62. The first-order valence-corrected chi connectivity index (χ1v) is 9.99. The van der Waals surface area contributed by atoms with E-state index in [9.17, 15) is 16.8 Å². The molecular formula is C11H19NO10S2. The van der Waals surface area contributed by atoms with Crippen molar-refractivity contribution >= 4 is 20.7 Å². The number of ether oxygens (including phenoxy) is 3. The molecule has 3 fully saturated rings. The van der Waals surface area contributed by atoms with E-state index in [2.05, 4.69) is 4.72 Å². The zero-order valence-corrected chi connectivity index (χ0v) is 14.9. The second kappa shape index (κ2) is 5.82. The van der Waals surface area contributed by atoms with E-state index in [4.69, 9.17) is 26.8 Å². The lowest BCUT2D eigenvalue weighted by Crippen LogP contribution is -2.60. The van der Waals surface area contributed by atoms with Crippen LogP contribution in [0.5, 0.6) is 0 Å². The van der Waals surface area contributed by atoms with Crippen LogP contribution in [0.2, 0.25) is 0 Å². The highest BCUT2D eigenvalue weighted by molar-refractivity contribution is 7.84. The molecule has 0 aromatic carbocycles. The summed E-state index contributed by atoms with van der Waals surface area (Å²) in [6.07, 6.45) is -2.99. The van der Waals surface area contributed by atoms with Crippen molar-refractivity contribution in [1.29, 1.82) is 0 Å². The maximum atomic E-state index is 11.7. The van der Waals surface area contributed by atoms with E-state index in [1.807, 2.05) is 0 Å². The van der Waals surface area contributed by atoms with Gasteiger partial charge >= 0.3 is 20.7 Å². The summed E-state index contributed by atoms with van der Waals surface area (Å²) in [4.78, 5) is 0. The normalized spacial score (nSPS) is 40.2. The highest BCUT2D eigenvalue weighted by atomic mass is 32.3. The minimum atomic E-state index is -4.17. The van der Waals surface area contributed by atoms with E-state index in [1.54, 1.807) is 20.8 Å². The molecule has 3 heterocycles. The van der Waals surface area contributed by atoms with E-state index in [0.29, 0.717) is 0 Å². The van der Waals surface area contributed by atoms with Crippen molar-refractivity contribution in [1.82, 2.24) is 4.72 Å². The monoisotopic (exact) mass is 389 g/mol. The molecule has 3 saturated heterocycles. The molecule has 0 amide bonds. The third kappa shape index (κ3) is 3.45. The fourth-order valence-corrected chi connectivity index (χ4v) is 4.64. The topological polar surface area (TPSA) is 136 Å². The summed E-state index contributed by atoms with van der Waals surface area (Å²) < 4.78 is 80.2. The van der Waals surface area contributed by atoms with Crippen molar-refractivity contribution in [3.63, 3.8) is 0 Å². The van der Waals surface area contributed by atoms with Crippen LogP contribution < -0.4 is 4.72 Å². The van der Waals surface area contributed by atoms with Gasteiger partial charge in [0.2, 0.25) is 5.79 Å². The van der Waals surface area contributed by atoms with Gasteiger partial charge in [-0.3, -0.25) is 4.18 Å². The number of hydrogen-bond donors (Lipinski definition) is 1. The van der Waals surface area contributed by atoms with E-state index in [1.165, 1.54) is 0 Å². The van der Waals surface area contributed by atoms with Gasteiger partial charge in [-0.25, -0.2) is 8.37 Å². The highest BCUT2D eigenvalue weighted by Gasteiger charge is 2.66.